The third kappa shape index (κ3) is 2.61. The number of nitrogens with zero attached hydrogens (tertiary/aromatic N) is 2. The Hall–Kier alpha value is -2.74. The van der Waals surface area contributed by atoms with Gasteiger partial charge in [0.15, 0.2) is 5.69 Å². The van der Waals surface area contributed by atoms with Gasteiger partial charge in [-0.15, -0.1) is 0 Å². The topological polar surface area (TPSA) is 110 Å². The van der Waals surface area contributed by atoms with Crippen LogP contribution in [0.1, 0.15) is 21.7 Å². The lowest BCUT2D eigenvalue weighted by atomic mass is 10.1. The van der Waals surface area contributed by atoms with Gasteiger partial charge in [-0.25, -0.2) is 0 Å². The molecule has 1 aliphatic heterocycles. The number of benzene rings is 1. The minimum Gasteiger partial charge on any atom is -0.376 e. The Morgan fingerprint density at radius 2 is 2.14 bits per heavy atom. The van der Waals surface area contributed by atoms with Crippen LogP contribution in [0.25, 0.3) is 0 Å². The number of rotatable bonds is 3. The Kier molecular flexibility index (Phi) is 3.36. The van der Waals surface area contributed by atoms with Crippen LogP contribution in [0.15, 0.2) is 24.3 Å². The van der Waals surface area contributed by atoms with Crippen LogP contribution in [0, 0.1) is 10.1 Å². The van der Waals surface area contributed by atoms with Crippen molar-refractivity contribution in [1.29, 1.82) is 0 Å². The van der Waals surface area contributed by atoms with Gasteiger partial charge in [-0.3, -0.25) is 20.0 Å². The average molecular weight is 288 g/mol. The van der Waals surface area contributed by atoms with Crippen LogP contribution in [-0.4, -0.2) is 27.6 Å². The van der Waals surface area contributed by atoms with Crippen LogP contribution >= 0.6 is 0 Å². The molecule has 0 aliphatic carbocycles. The first kappa shape index (κ1) is 13.3. The number of aromatic amines is 1. The maximum atomic E-state index is 12.2. The summed E-state index contributed by atoms with van der Waals surface area (Å²) in [5, 5.41) is 20.1. The first-order valence-corrected chi connectivity index (χ1v) is 6.35. The quantitative estimate of drug-likeness (QED) is 0.659. The first-order valence-electron chi connectivity index (χ1n) is 6.35. The lowest BCUT2D eigenvalue weighted by Crippen LogP contribution is -2.17. The highest BCUT2D eigenvalue weighted by Gasteiger charge is 2.22. The Labute approximate surface area is 119 Å². The van der Waals surface area contributed by atoms with E-state index in [-0.39, 0.29) is 11.6 Å². The fraction of sp³-hybridized carbons (Fsp3) is 0.231. The average Bonchev–Trinajstić information content (AvgIpc) is 2.92. The predicted molar refractivity (Wildman–Crippen MR) is 73.0 cm³/mol. The standard InChI is InChI=1S/C13H12N4O4/c18-13(12-10-7-21-6-5-11(10)15-16-12)14-8-1-3-9(4-2-8)17(19)20/h1-4H,5-7H2,(H,14,18)(H,15,16). The number of fused-ring (bicyclic) bond motifs is 1. The molecule has 1 aromatic heterocycles. The summed E-state index contributed by atoms with van der Waals surface area (Å²) in [6.45, 7) is 0.966. The van der Waals surface area contributed by atoms with Crippen molar-refractivity contribution in [2.24, 2.45) is 0 Å². The van der Waals surface area contributed by atoms with Gasteiger partial charge in [0, 0.05) is 35.5 Å². The molecule has 0 saturated heterocycles. The number of anilines is 1. The number of carbonyl (C=O) groups is 1. The fourth-order valence-electron chi connectivity index (χ4n) is 2.16. The van der Waals surface area contributed by atoms with Crippen molar-refractivity contribution in [2.75, 3.05) is 11.9 Å². The summed E-state index contributed by atoms with van der Waals surface area (Å²) >= 11 is 0. The molecular weight excluding hydrogens is 276 g/mol. The zero-order chi connectivity index (χ0) is 14.8. The van der Waals surface area contributed by atoms with Gasteiger partial charge in [-0.1, -0.05) is 0 Å². The van der Waals surface area contributed by atoms with Crippen molar-refractivity contribution in [3.63, 3.8) is 0 Å². The molecule has 1 amide bonds. The van der Waals surface area contributed by atoms with Crippen LogP contribution < -0.4 is 5.32 Å². The molecule has 0 atom stereocenters. The van der Waals surface area contributed by atoms with Crippen molar-refractivity contribution in [2.45, 2.75) is 13.0 Å². The van der Waals surface area contributed by atoms with Crippen molar-refractivity contribution in [1.82, 2.24) is 10.2 Å². The van der Waals surface area contributed by atoms with E-state index in [0.29, 0.717) is 31.0 Å². The second kappa shape index (κ2) is 5.33. The Bertz CT molecular complexity index is 693. The highest BCUT2D eigenvalue weighted by Crippen LogP contribution is 2.20. The number of carbonyl (C=O) groups excluding carboxylic acids is 1. The number of nitro benzene ring substituents is 1. The van der Waals surface area contributed by atoms with Gasteiger partial charge in [0.25, 0.3) is 11.6 Å². The third-order valence-electron chi connectivity index (χ3n) is 3.25. The fourth-order valence-corrected chi connectivity index (χ4v) is 2.16. The second-order valence-corrected chi connectivity index (χ2v) is 4.59. The van der Waals surface area contributed by atoms with Gasteiger partial charge < -0.3 is 10.1 Å². The summed E-state index contributed by atoms with van der Waals surface area (Å²) in [4.78, 5) is 22.3. The molecule has 0 saturated carbocycles. The molecule has 1 aromatic carbocycles. The molecule has 2 N–H and O–H groups in total. The van der Waals surface area contributed by atoms with E-state index in [9.17, 15) is 14.9 Å². The zero-order valence-electron chi connectivity index (χ0n) is 11.0. The SMILES string of the molecule is O=C(Nc1ccc([N+](=O)[O-])cc1)c1n[nH]c2c1COCC2. The summed E-state index contributed by atoms with van der Waals surface area (Å²) in [6, 6.07) is 5.62. The van der Waals surface area contributed by atoms with Crippen LogP contribution in [0.2, 0.25) is 0 Å². The second-order valence-electron chi connectivity index (χ2n) is 4.59. The van der Waals surface area contributed by atoms with Crippen LogP contribution in [0.4, 0.5) is 11.4 Å². The third-order valence-corrected chi connectivity index (χ3v) is 3.25. The number of non-ortho nitro benzene ring substituents is 1. The van der Waals surface area contributed by atoms with E-state index >= 15 is 0 Å². The van der Waals surface area contributed by atoms with Crippen LogP contribution in [-0.2, 0) is 17.8 Å². The zero-order valence-corrected chi connectivity index (χ0v) is 11.0. The van der Waals surface area contributed by atoms with E-state index in [1.807, 2.05) is 0 Å². The Balaban J connectivity index is 1.77. The van der Waals surface area contributed by atoms with Crippen molar-refractivity contribution in [3.05, 3.63) is 51.3 Å². The van der Waals surface area contributed by atoms with Gasteiger partial charge in [0.05, 0.1) is 18.1 Å². The lowest BCUT2D eigenvalue weighted by molar-refractivity contribution is -0.384. The van der Waals surface area contributed by atoms with Gasteiger partial charge in [-0.05, 0) is 12.1 Å². The maximum absolute atomic E-state index is 12.2. The molecule has 0 spiro atoms. The first-order chi connectivity index (χ1) is 10.1. The van der Waals surface area contributed by atoms with E-state index in [2.05, 4.69) is 15.5 Å². The van der Waals surface area contributed by atoms with E-state index in [4.69, 9.17) is 4.74 Å². The van der Waals surface area contributed by atoms with Crippen molar-refractivity contribution < 1.29 is 14.5 Å². The van der Waals surface area contributed by atoms with Gasteiger partial charge in [0.1, 0.15) is 0 Å². The number of nitrogens with one attached hydrogen (secondary N) is 2. The molecule has 8 nitrogen and oxygen atoms in total. The van der Waals surface area contributed by atoms with Gasteiger partial charge in [-0.2, -0.15) is 5.10 Å². The maximum Gasteiger partial charge on any atom is 0.276 e. The summed E-state index contributed by atoms with van der Waals surface area (Å²) in [5.41, 5.74) is 2.41. The lowest BCUT2D eigenvalue weighted by Gasteiger charge is -2.12. The Morgan fingerprint density at radius 3 is 2.86 bits per heavy atom. The van der Waals surface area contributed by atoms with Crippen molar-refractivity contribution >= 4 is 17.3 Å². The molecule has 0 bridgehead atoms. The Morgan fingerprint density at radius 1 is 1.38 bits per heavy atom. The summed E-state index contributed by atoms with van der Waals surface area (Å²) in [6.07, 6.45) is 0.702. The number of ether oxygens (including phenoxy) is 1. The molecule has 2 heterocycles. The van der Waals surface area contributed by atoms with Crippen LogP contribution in [0.5, 0.6) is 0 Å². The molecule has 0 radical (unpaired) electrons. The summed E-state index contributed by atoms with van der Waals surface area (Å²) in [5.74, 6) is -0.369. The number of hydrogen-bond acceptors (Lipinski definition) is 5. The van der Waals surface area contributed by atoms with Crippen molar-refractivity contribution in [3.8, 4) is 0 Å². The molecule has 1 aliphatic rings. The summed E-state index contributed by atoms with van der Waals surface area (Å²) < 4.78 is 5.32. The molecular formula is C13H12N4O4. The monoisotopic (exact) mass is 288 g/mol. The number of aromatic nitrogens is 2. The molecule has 0 unspecified atom stereocenters. The van der Waals surface area contributed by atoms with E-state index in [1.54, 1.807) is 0 Å². The number of nitro groups is 1. The van der Waals surface area contributed by atoms with Gasteiger partial charge >= 0.3 is 0 Å². The normalized spacial score (nSPS) is 13.5. The number of amides is 1. The van der Waals surface area contributed by atoms with E-state index < -0.39 is 4.92 Å². The molecule has 108 valence electrons. The molecule has 2 aromatic rings. The van der Waals surface area contributed by atoms with E-state index in [0.717, 1.165) is 11.3 Å². The smallest absolute Gasteiger partial charge is 0.276 e. The summed E-state index contributed by atoms with van der Waals surface area (Å²) in [7, 11) is 0. The molecule has 21 heavy (non-hydrogen) atoms. The van der Waals surface area contributed by atoms with Gasteiger partial charge in [0.2, 0.25) is 0 Å². The number of H-pyrrole nitrogens is 1. The predicted octanol–water partition coefficient (Wildman–Crippen LogP) is 1.64. The van der Waals surface area contributed by atoms with E-state index in [1.165, 1.54) is 24.3 Å². The molecule has 3 rings (SSSR count). The highest BCUT2D eigenvalue weighted by atomic mass is 16.6. The minimum absolute atomic E-state index is 0.0291. The molecule has 0 fully saturated rings. The largest absolute Gasteiger partial charge is 0.376 e. The highest BCUT2D eigenvalue weighted by molar-refractivity contribution is 6.04. The van der Waals surface area contributed by atoms with Crippen LogP contribution in [0.3, 0.4) is 0 Å². The minimum atomic E-state index is -0.493. The molecule has 8 heteroatoms. The number of hydrogen-bond donors (Lipinski definition) is 2.